The molecule has 11 heavy (non-hydrogen) atoms. The average Bonchev–Trinajstić information content (AvgIpc) is 1.87. The Balaban J connectivity index is 0. The second-order valence-electron chi connectivity index (χ2n) is 1.59. The summed E-state index contributed by atoms with van der Waals surface area (Å²) in [5.74, 6) is -2.26. The minimum atomic E-state index is -4.86. The van der Waals surface area contributed by atoms with E-state index in [1.807, 2.05) is 6.58 Å². The summed E-state index contributed by atoms with van der Waals surface area (Å²) in [6, 6.07) is 0. The summed E-state index contributed by atoms with van der Waals surface area (Å²) >= 11 is 0. The maximum Gasteiger partial charge on any atom is 0.442 e. The quantitative estimate of drug-likeness (QED) is 0.537. The third-order valence-corrected chi connectivity index (χ3v) is 0.497. The van der Waals surface area contributed by atoms with Crippen LogP contribution in [0.3, 0.4) is 0 Å². The predicted molar refractivity (Wildman–Crippen MR) is 32.6 cm³/mol. The second-order valence-corrected chi connectivity index (χ2v) is 1.59. The fourth-order valence-electron chi connectivity index (χ4n) is 0. The maximum absolute atomic E-state index is 10.9. The van der Waals surface area contributed by atoms with Crippen molar-refractivity contribution in [2.75, 3.05) is 6.67 Å². The standard InChI is InChI=1S/C3H2F4.C3H7F/c1-2(4)3(5,6)7;1-2-3-4/h1H2;2-3H2,1H3. The smallest absolute Gasteiger partial charge is 0.251 e. The van der Waals surface area contributed by atoms with Crippen molar-refractivity contribution in [3.63, 3.8) is 0 Å². The fraction of sp³-hybridized carbons (Fsp3) is 0.667. The molecule has 0 unspecified atom stereocenters. The topological polar surface area (TPSA) is 0 Å². The van der Waals surface area contributed by atoms with Gasteiger partial charge in [0.05, 0.1) is 6.67 Å². The van der Waals surface area contributed by atoms with Gasteiger partial charge in [-0.3, -0.25) is 4.39 Å². The normalized spacial score (nSPS) is 10.0. The highest BCUT2D eigenvalue weighted by Crippen LogP contribution is 2.23. The molecule has 68 valence electrons. The molecule has 0 nitrogen and oxygen atoms in total. The van der Waals surface area contributed by atoms with E-state index in [-0.39, 0.29) is 6.67 Å². The van der Waals surface area contributed by atoms with Crippen molar-refractivity contribution in [1.82, 2.24) is 0 Å². The molecule has 0 rings (SSSR count). The lowest BCUT2D eigenvalue weighted by molar-refractivity contribution is -0.108. The molecule has 0 aliphatic carbocycles. The molecule has 0 aromatic heterocycles. The average molecular weight is 176 g/mol. The first-order chi connectivity index (χ1) is 4.86. The molecular formula is C6H9F5. The van der Waals surface area contributed by atoms with Crippen LogP contribution in [0, 0.1) is 0 Å². The molecule has 0 bridgehead atoms. The largest absolute Gasteiger partial charge is 0.442 e. The minimum Gasteiger partial charge on any atom is -0.251 e. The Morgan fingerprint density at radius 3 is 1.55 bits per heavy atom. The van der Waals surface area contributed by atoms with Crippen molar-refractivity contribution in [2.45, 2.75) is 19.5 Å². The van der Waals surface area contributed by atoms with Crippen molar-refractivity contribution in [3.05, 3.63) is 12.4 Å². The van der Waals surface area contributed by atoms with Crippen molar-refractivity contribution in [1.29, 1.82) is 0 Å². The summed E-state index contributed by atoms with van der Waals surface area (Å²) in [6.45, 7) is 3.66. The highest BCUT2D eigenvalue weighted by Gasteiger charge is 2.32. The van der Waals surface area contributed by atoms with Gasteiger partial charge in [0, 0.05) is 0 Å². The molecule has 0 saturated carbocycles. The van der Waals surface area contributed by atoms with Crippen molar-refractivity contribution < 1.29 is 22.0 Å². The Bertz CT molecular complexity index is 102. The van der Waals surface area contributed by atoms with E-state index in [1.54, 1.807) is 6.92 Å². The summed E-state index contributed by atoms with van der Waals surface area (Å²) in [5, 5.41) is 0. The van der Waals surface area contributed by atoms with Crippen LogP contribution in [0.5, 0.6) is 0 Å². The zero-order valence-corrected chi connectivity index (χ0v) is 6.01. The molecule has 0 amide bonds. The molecule has 0 spiro atoms. The number of halogens is 5. The predicted octanol–water partition coefficient (Wildman–Crippen LogP) is 3.40. The van der Waals surface area contributed by atoms with E-state index in [2.05, 4.69) is 0 Å². The first-order valence-electron chi connectivity index (χ1n) is 2.83. The monoisotopic (exact) mass is 176 g/mol. The SMILES string of the molecule is C=C(F)C(F)(F)F.CCCF. The van der Waals surface area contributed by atoms with Crippen LogP contribution in [0.1, 0.15) is 13.3 Å². The van der Waals surface area contributed by atoms with Crippen LogP contribution in [0.4, 0.5) is 22.0 Å². The van der Waals surface area contributed by atoms with Gasteiger partial charge in [-0.05, 0) is 6.42 Å². The first kappa shape index (κ1) is 13.0. The molecule has 0 N–H and O–H groups in total. The summed E-state index contributed by atoms with van der Waals surface area (Å²) in [5.41, 5.74) is 0. The van der Waals surface area contributed by atoms with Crippen molar-refractivity contribution >= 4 is 0 Å². The number of allylic oxidation sites excluding steroid dienone is 1. The molecular weight excluding hydrogens is 167 g/mol. The van der Waals surface area contributed by atoms with Crippen LogP contribution in [0.25, 0.3) is 0 Å². The molecule has 0 fully saturated rings. The Hall–Kier alpha value is -0.610. The van der Waals surface area contributed by atoms with Gasteiger partial charge < -0.3 is 0 Å². The van der Waals surface area contributed by atoms with Gasteiger partial charge >= 0.3 is 6.18 Å². The van der Waals surface area contributed by atoms with Crippen LogP contribution >= 0.6 is 0 Å². The molecule has 0 aliphatic rings. The lowest BCUT2D eigenvalue weighted by Gasteiger charge is -1.97. The van der Waals surface area contributed by atoms with Crippen LogP contribution in [0.2, 0.25) is 0 Å². The molecule has 0 aromatic carbocycles. The van der Waals surface area contributed by atoms with Gasteiger partial charge in [-0.2, -0.15) is 13.2 Å². The van der Waals surface area contributed by atoms with E-state index in [1.165, 1.54) is 0 Å². The fourth-order valence-corrected chi connectivity index (χ4v) is 0. The van der Waals surface area contributed by atoms with Gasteiger partial charge in [-0.15, -0.1) is 0 Å². The molecule has 0 aliphatic heterocycles. The Labute approximate surface area is 61.7 Å². The third-order valence-electron chi connectivity index (χ3n) is 0.497. The van der Waals surface area contributed by atoms with Crippen LogP contribution < -0.4 is 0 Å². The molecule has 5 heteroatoms. The molecule has 0 atom stereocenters. The van der Waals surface area contributed by atoms with Gasteiger partial charge in [0.1, 0.15) is 0 Å². The Morgan fingerprint density at radius 1 is 1.36 bits per heavy atom. The van der Waals surface area contributed by atoms with E-state index in [0.717, 1.165) is 0 Å². The van der Waals surface area contributed by atoms with Crippen LogP contribution in [0.15, 0.2) is 12.4 Å². The minimum absolute atomic E-state index is 0.181. The lowest BCUT2D eigenvalue weighted by Crippen LogP contribution is -2.05. The molecule has 0 radical (unpaired) electrons. The van der Waals surface area contributed by atoms with Gasteiger partial charge in [0.2, 0.25) is 0 Å². The van der Waals surface area contributed by atoms with E-state index in [4.69, 9.17) is 0 Å². The molecule has 0 aromatic rings. The highest BCUT2D eigenvalue weighted by atomic mass is 19.4. The van der Waals surface area contributed by atoms with E-state index in [0.29, 0.717) is 6.42 Å². The zero-order valence-electron chi connectivity index (χ0n) is 6.01. The van der Waals surface area contributed by atoms with E-state index >= 15 is 0 Å². The number of alkyl halides is 4. The first-order valence-corrected chi connectivity index (χ1v) is 2.83. The highest BCUT2D eigenvalue weighted by molar-refractivity contribution is 4.88. The number of hydrogen-bond donors (Lipinski definition) is 0. The van der Waals surface area contributed by atoms with E-state index in [9.17, 15) is 22.0 Å². The summed E-state index contributed by atoms with van der Waals surface area (Å²) in [7, 11) is 0. The van der Waals surface area contributed by atoms with Crippen molar-refractivity contribution in [3.8, 4) is 0 Å². The zero-order chi connectivity index (χ0) is 9.49. The number of hydrogen-bond acceptors (Lipinski definition) is 0. The van der Waals surface area contributed by atoms with E-state index < -0.39 is 12.0 Å². The van der Waals surface area contributed by atoms with Gasteiger partial charge in [0.15, 0.2) is 5.83 Å². The lowest BCUT2D eigenvalue weighted by atomic mass is 10.6. The van der Waals surface area contributed by atoms with Crippen LogP contribution in [-0.2, 0) is 0 Å². The second kappa shape index (κ2) is 6.12. The van der Waals surface area contributed by atoms with Gasteiger partial charge in [-0.1, -0.05) is 13.5 Å². The Morgan fingerprint density at radius 2 is 1.55 bits per heavy atom. The Kier molecular flexibility index (Phi) is 7.24. The van der Waals surface area contributed by atoms with Gasteiger partial charge in [-0.25, -0.2) is 4.39 Å². The van der Waals surface area contributed by atoms with Gasteiger partial charge in [0.25, 0.3) is 0 Å². The summed E-state index contributed by atoms with van der Waals surface area (Å²) < 4.78 is 53.7. The number of rotatable bonds is 1. The third kappa shape index (κ3) is 12.6. The van der Waals surface area contributed by atoms with Crippen molar-refractivity contribution in [2.24, 2.45) is 0 Å². The summed E-state index contributed by atoms with van der Waals surface area (Å²) in [4.78, 5) is 0. The molecule has 0 saturated heterocycles. The molecule has 0 heterocycles. The maximum atomic E-state index is 10.9. The van der Waals surface area contributed by atoms with Crippen LogP contribution in [-0.4, -0.2) is 12.9 Å². The summed E-state index contributed by atoms with van der Waals surface area (Å²) in [6.07, 6.45) is -4.21.